The SMILES string of the molecule is CC(NC(=O)CN1CCCNCC1)c1ccccc1F. The van der Waals surface area contributed by atoms with Crippen LogP contribution in [0.15, 0.2) is 24.3 Å². The molecule has 20 heavy (non-hydrogen) atoms. The number of nitrogens with one attached hydrogen (secondary N) is 2. The fourth-order valence-electron chi connectivity index (χ4n) is 2.45. The second-order valence-electron chi connectivity index (χ2n) is 5.19. The molecule has 1 atom stereocenters. The van der Waals surface area contributed by atoms with Gasteiger partial charge >= 0.3 is 0 Å². The van der Waals surface area contributed by atoms with Gasteiger partial charge in [0, 0.05) is 18.7 Å². The molecule has 1 heterocycles. The Balaban J connectivity index is 1.86. The zero-order valence-corrected chi connectivity index (χ0v) is 11.9. The van der Waals surface area contributed by atoms with Crippen LogP contribution in [-0.2, 0) is 4.79 Å². The van der Waals surface area contributed by atoms with Crippen molar-refractivity contribution in [3.63, 3.8) is 0 Å². The lowest BCUT2D eigenvalue weighted by atomic mass is 10.1. The number of rotatable bonds is 4. The van der Waals surface area contributed by atoms with E-state index in [-0.39, 0.29) is 17.8 Å². The van der Waals surface area contributed by atoms with Crippen molar-refractivity contribution in [2.75, 3.05) is 32.7 Å². The van der Waals surface area contributed by atoms with Crippen LogP contribution in [-0.4, -0.2) is 43.5 Å². The first-order chi connectivity index (χ1) is 9.66. The maximum Gasteiger partial charge on any atom is 0.234 e. The second kappa shape index (κ2) is 7.36. The van der Waals surface area contributed by atoms with Gasteiger partial charge in [-0.2, -0.15) is 0 Å². The molecule has 1 fully saturated rings. The van der Waals surface area contributed by atoms with E-state index in [9.17, 15) is 9.18 Å². The van der Waals surface area contributed by atoms with E-state index < -0.39 is 0 Å². The van der Waals surface area contributed by atoms with E-state index >= 15 is 0 Å². The van der Waals surface area contributed by atoms with Crippen molar-refractivity contribution in [1.29, 1.82) is 0 Å². The summed E-state index contributed by atoms with van der Waals surface area (Å²) >= 11 is 0. The van der Waals surface area contributed by atoms with Gasteiger partial charge in [0.25, 0.3) is 0 Å². The quantitative estimate of drug-likeness (QED) is 0.873. The van der Waals surface area contributed by atoms with E-state index in [2.05, 4.69) is 15.5 Å². The molecule has 0 bridgehead atoms. The summed E-state index contributed by atoms with van der Waals surface area (Å²) in [5.41, 5.74) is 0.526. The van der Waals surface area contributed by atoms with Crippen molar-refractivity contribution in [2.24, 2.45) is 0 Å². The summed E-state index contributed by atoms with van der Waals surface area (Å²) in [6.45, 7) is 5.90. The molecule has 0 aromatic heterocycles. The zero-order chi connectivity index (χ0) is 14.4. The van der Waals surface area contributed by atoms with Gasteiger partial charge in [0.05, 0.1) is 12.6 Å². The lowest BCUT2D eigenvalue weighted by molar-refractivity contribution is -0.122. The Hall–Kier alpha value is -1.46. The average molecular weight is 279 g/mol. The fourth-order valence-corrected chi connectivity index (χ4v) is 2.45. The largest absolute Gasteiger partial charge is 0.348 e. The predicted molar refractivity (Wildman–Crippen MR) is 76.9 cm³/mol. The summed E-state index contributed by atoms with van der Waals surface area (Å²) in [7, 11) is 0. The van der Waals surface area contributed by atoms with E-state index in [4.69, 9.17) is 0 Å². The topological polar surface area (TPSA) is 44.4 Å². The molecule has 110 valence electrons. The average Bonchev–Trinajstić information content (AvgIpc) is 2.67. The number of nitrogens with zero attached hydrogens (tertiary/aromatic N) is 1. The van der Waals surface area contributed by atoms with Crippen LogP contribution < -0.4 is 10.6 Å². The monoisotopic (exact) mass is 279 g/mol. The van der Waals surface area contributed by atoms with Crippen molar-refractivity contribution in [2.45, 2.75) is 19.4 Å². The lowest BCUT2D eigenvalue weighted by Gasteiger charge is -2.21. The predicted octanol–water partition coefficient (Wildman–Crippen LogP) is 1.30. The Labute approximate surface area is 119 Å². The molecule has 0 saturated carbocycles. The molecule has 0 spiro atoms. The molecule has 0 aliphatic carbocycles. The molecule has 1 unspecified atom stereocenters. The maximum atomic E-state index is 13.6. The molecule has 0 radical (unpaired) electrons. The maximum absolute atomic E-state index is 13.6. The number of benzene rings is 1. The molecule has 1 amide bonds. The molecule has 2 rings (SSSR count). The van der Waals surface area contributed by atoms with Gasteiger partial charge in [-0.25, -0.2) is 4.39 Å². The summed E-state index contributed by atoms with van der Waals surface area (Å²) < 4.78 is 13.6. The third-order valence-corrected chi connectivity index (χ3v) is 3.55. The molecule has 5 heteroatoms. The molecule has 1 aromatic rings. The van der Waals surface area contributed by atoms with Crippen molar-refractivity contribution in [3.05, 3.63) is 35.6 Å². The summed E-state index contributed by atoms with van der Waals surface area (Å²) in [4.78, 5) is 14.2. The summed E-state index contributed by atoms with van der Waals surface area (Å²) in [6.07, 6.45) is 1.05. The molecule has 4 nitrogen and oxygen atoms in total. The van der Waals surface area contributed by atoms with Gasteiger partial charge in [0.1, 0.15) is 5.82 Å². The first-order valence-corrected chi connectivity index (χ1v) is 7.13. The van der Waals surface area contributed by atoms with E-state index in [0.29, 0.717) is 12.1 Å². The number of carbonyl (C=O) groups excluding carboxylic acids is 1. The number of carbonyl (C=O) groups is 1. The van der Waals surface area contributed by atoms with Gasteiger partial charge in [-0.1, -0.05) is 18.2 Å². The highest BCUT2D eigenvalue weighted by atomic mass is 19.1. The van der Waals surface area contributed by atoms with Crippen LogP contribution in [0, 0.1) is 5.82 Å². The Morgan fingerprint density at radius 1 is 1.40 bits per heavy atom. The third kappa shape index (κ3) is 4.28. The first-order valence-electron chi connectivity index (χ1n) is 7.13. The van der Waals surface area contributed by atoms with E-state index in [1.807, 2.05) is 0 Å². The van der Waals surface area contributed by atoms with Gasteiger partial charge in [0.2, 0.25) is 5.91 Å². The van der Waals surface area contributed by atoms with Gasteiger partial charge in [-0.3, -0.25) is 9.69 Å². The van der Waals surface area contributed by atoms with Crippen molar-refractivity contribution >= 4 is 5.91 Å². The minimum Gasteiger partial charge on any atom is -0.348 e. The molecule has 1 aromatic carbocycles. The summed E-state index contributed by atoms with van der Waals surface area (Å²) in [5.74, 6) is -0.332. The third-order valence-electron chi connectivity index (χ3n) is 3.55. The Kier molecular flexibility index (Phi) is 5.49. The van der Waals surface area contributed by atoms with Gasteiger partial charge in [-0.05, 0) is 32.5 Å². The highest BCUT2D eigenvalue weighted by Gasteiger charge is 2.16. The van der Waals surface area contributed by atoms with Crippen LogP contribution in [0.1, 0.15) is 24.9 Å². The number of hydrogen-bond acceptors (Lipinski definition) is 3. The van der Waals surface area contributed by atoms with Crippen molar-refractivity contribution in [1.82, 2.24) is 15.5 Å². The van der Waals surface area contributed by atoms with E-state index in [0.717, 1.165) is 32.6 Å². The second-order valence-corrected chi connectivity index (χ2v) is 5.19. The standard InChI is InChI=1S/C15H22FN3O/c1-12(13-5-2-3-6-14(13)16)18-15(20)11-19-9-4-7-17-8-10-19/h2-3,5-6,12,17H,4,7-11H2,1H3,(H,18,20). The van der Waals surface area contributed by atoms with Crippen LogP contribution in [0.2, 0.25) is 0 Å². The number of halogens is 1. The molecule has 1 aliphatic rings. The molecule has 1 aliphatic heterocycles. The number of amides is 1. The molecule has 1 saturated heterocycles. The van der Waals surface area contributed by atoms with Crippen molar-refractivity contribution < 1.29 is 9.18 Å². The normalized spacial score (nSPS) is 18.3. The molecular formula is C15H22FN3O. The minimum absolute atomic E-state index is 0.0531. The molecular weight excluding hydrogens is 257 g/mol. The van der Waals surface area contributed by atoms with Gasteiger partial charge < -0.3 is 10.6 Å². The van der Waals surface area contributed by atoms with Crippen molar-refractivity contribution in [3.8, 4) is 0 Å². The highest BCUT2D eigenvalue weighted by molar-refractivity contribution is 5.78. The summed E-state index contributed by atoms with van der Waals surface area (Å²) in [6, 6.07) is 6.24. The van der Waals surface area contributed by atoms with Crippen LogP contribution in [0.25, 0.3) is 0 Å². The molecule has 2 N–H and O–H groups in total. The van der Waals surface area contributed by atoms with E-state index in [1.165, 1.54) is 6.07 Å². The van der Waals surface area contributed by atoms with Gasteiger partial charge in [-0.15, -0.1) is 0 Å². The number of hydrogen-bond donors (Lipinski definition) is 2. The Morgan fingerprint density at radius 3 is 3.00 bits per heavy atom. The fraction of sp³-hybridized carbons (Fsp3) is 0.533. The van der Waals surface area contributed by atoms with Crippen LogP contribution in [0.5, 0.6) is 0 Å². The van der Waals surface area contributed by atoms with Crippen LogP contribution in [0.3, 0.4) is 0 Å². The first kappa shape index (κ1) is 14.9. The van der Waals surface area contributed by atoms with Crippen LogP contribution >= 0.6 is 0 Å². The highest BCUT2D eigenvalue weighted by Crippen LogP contribution is 2.15. The summed E-state index contributed by atoms with van der Waals surface area (Å²) in [5, 5.41) is 6.17. The minimum atomic E-state index is -0.311. The Morgan fingerprint density at radius 2 is 2.20 bits per heavy atom. The lowest BCUT2D eigenvalue weighted by Crippen LogP contribution is -2.39. The smallest absolute Gasteiger partial charge is 0.234 e. The Bertz CT molecular complexity index is 444. The van der Waals surface area contributed by atoms with Gasteiger partial charge in [0.15, 0.2) is 0 Å². The van der Waals surface area contributed by atoms with Crippen LogP contribution in [0.4, 0.5) is 4.39 Å². The zero-order valence-electron chi connectivity index (χ0n) is 11.9. The van der Waals surface area contributed by atoms with E-state index in [1.54, 1.807) is 25.1 Å².